The monoisotopic (exact) mass is 278 g/mol. The summed E-state index contributed by atoms with van der Waals surface area (Å²) < 4.78 is 5.31. The predicted octanol–water partition coefficient (Wildman–Crippen LogP) is 4.12. The summed E-state index contributed by atoms with van der Waals surface area (Å²) >= 11 is 0. The van der Waals surface area contributed by atoms with Gasteiger partial charge >= 0.3 is 0 Å². The van der Waals surface area contributed by atoms with E-state index in [0.29, 0.717) is 6.42 Å². The van der Waals surface area contributed by atoms with Gasteiger partial charge in [0.15, 0.2) is 0 Å². The first-order valence-electron chi connectivity index (χ1n) is 7.06. The molecule has 2 nitrogen and oxygen atoms in total. The lowest BCUT2D eigenvalue weighted by molar-refractivity contribution is 0.174. The lowest BCUT2D eigenvalue weighted by Crippen LogP contribution is -2.04. The lowest BCUT2D eigenvalue weighted by Gasteiger charge is -2.15. The number of rotatable bonds is 4. The minimum atomic E-state index is -0.567. The zero-order valence-electron chi connectivity index (χ0n) is 12.0. The Morgan fingerprint density at radius 1 is 0.905 bits per heavy atom. The van der Waals surface area contributed by atoms with Crippen molar-refractivity contribution in [2.75, 3.05) is 7.11 Å². The molecule has 0 aliphatic rings. The third-order valence-electron chi connectivity index (χ3n) is 3.74. The third kappa shape index (κ3) is 2.91. The van der Waals surface area contributed by atoms with Crippen LogP contribution in [0.3, 0.4) is 0 Å². The van der Waals surface area contributed by atoms with Gasteiger partial charge in [-0.2, -0.15) is 0 Å². The summed E-state index contributed by atoms with van der Waals surface area (Å²) in [4.78, 5) is 0. The van der Waals surface area contributed by atoms with Crippen LogP contribution in [-0.4, -0.2) is 12.2 Å². The van der Waals surface area contributed by atoms with Gasteiger partial charge in [-0.3, -0.25) is 0 Å². The number of hydrogen-bond acceptors (Lipinski definition) is 2. The Morgan fingerprint density at radius 3 is 2.43 bits per heavy atom. The van der Waals surface area contributed by atoms with Crippen molar-refractivity contribution in [3.8, 4) is 5.75 Å². The summed E-state index contributed by atoms with van der Waals surface area (Å²) in [6.45, 7) is 0. The van der Waals surface area contributed by atoms with Gasteiger partial charge in [0.1, 0.15) is 5.75 Å². The molecular weight excluding hydrogens is 260 g/mol. The first-order valence-corrected chi connectivity index (χ1v) is 7.06. The van der Waals surface area contributed by atoms with Crippen LogP contribution in [0.25, 0.3) is 10.8 Å². The maximum Gasteiger partial charge on any atom is 0.124 e. The van der Waals surface area contributed by atoms with Crippen molar-refractivity contribution in [3.05, 3.63) is 77.9 Å². The molecular formula is C19H18O2. The van der Waals surface area contributed by atoms with Crippen molar-refractivity contribution in [3.63, 3.8) is 0 Å². The maximum atomic E-state index is 10.5. The molecule has 1 unspecified atom stereocenters. The van der Waals surface area contributed by atoms with E-state index in [-0.39, 0.29) is 0 Å². The molecule has 0 radical (unpaired) electrons. The lowest BCUT2D eigenvalue weighted by atomic mass is 9.98. The van der Waals surface area contributed by atoms with Crippen LogP contribution in [0.5, 0.6) is 5.75 Å². The van der Waals surface area contributed by atoms with Crippen molar-refractivity contribution >= 4 is 10.8 Å². The molecule has 0 saturated heterocycles. The highest BCUT2D eigenvalue weighted by Gasteiger charge is 2.13. The maximum absolute atomic E-state index is 10.5. The Bertz CT molecular complexity index is 749. The zero-order chi connectivity index (χ0) is 14.7. The Kier molecular flexibility index (Phi) is 3.89. The average Bonchev–Trinajstić information content (AvgIpc) is 2.54. The fourth-order valence-corrected chi connectivity index (χ4v) is 2.64. The number of hydrogen-bond donors (Lipinski definition) is 1. The summed E-state index contributed by atoms with van der Waals surface area (Å²) in [7, 11) is 1.63. The molecule has 3 aromatic carbocycles. The SMILES string of the molecule is COc1ccccc1C(O)Cc1ccc2ccccc2c1. The molecule has 0 aliphatic carbocycles. The first kappa shape index (κ1) is 13.7. The van der Waals surface area contributed by atoms with Crippen molar-refractivity contribution in [1.29, 1.82) is 0 Å². The number of benzene rings is 3. The highest BCUT2D eigenvalue weighted by molar-refractivity contribution is 5.83. The average molecular weight is 278 g/mol. The van der Waals surface area contributed by atoms with Crippen LogP contribution in [0, 0.1) is 0 Å². The molecule has 0 heterocycles. The molecule has 0 aliphatic heterocycles. The highest BCUT2D eigenvalue weighted by atomic mass is 16.5. The van der Waals surface area contributed by atoms with Crippen LogP contribution >= 0.6 is 0 Å². The normalized spacial score (nSPS) is 12.3. The number of methoxy groups -OCH3 is 1. The zero-order valence-corrected chi connectivity index (χ0v) is 12.0. The van der Waals surface area contributed by atoms with E-state index in [1.807, 2.05) is 36.4 Å². The molecule has 0 aromatic heterocycles. The number of fused-ring (bicyclic) bond motifs is 1. The van der Waals surface area contributed by atoms with Crippen LogP contribution in [0.15, 0.2) is 66.7 Å². The molecule has 1 N–H and O–H groups in total. The van der Waals surface area contributed by atoms with E-state index in [1.165, 1.54) is 10.8 Å². The highest BCUT2D eigenvalue weighted by Crippen LogP contribution is 2.28. The van der Waals surface area contributed by atoms with Gasteiger partial charge in [0.25, 0.3) is 0 Å². The van der Waals surface area contributed by atoms with Gasteiger partial charge in [0.05, 0.1) is 13.2 Å². The third-order valence-corrected chi connectivity index (χ3v) is 3.74. The Labute approximate surface area is 124 Å². The van der Waals surface area contributed by atoms with E-state index in [0.717, 1.165) is 16.9 Å². The van der Waals surface area contributed by atoms with E-state index in [9.17, 15) is 5.11 Å². The van der Waals surface area contributed by atoms with Crippen LogP contribution < -0.4 is 4.74 Å². The molecule has 21 heavy (non-hydrogen) atoms. The number of ether oxygens (including phenoxy) is 1. The van der Waals surface area contributed by atoms with Gasteiger partial charge in [0, 0.05) is 12.0 Å². The second-order valence-electron chi connectivity index (χ2n) is 5.14. The molecule has 2 heteroatoms. The van der Waals surface area contributed by atoms with Crippen molar-refractivity contribution in [1.82, 2.24) is 0 Å². The minimum absolute atomic E-state index is 0.567. The van der Waals surface area contributed by atoms with Gasteiger partial charge < -0.3 is 9.84 Å². The topological polar surface area (TPSA) is 29.5 Å². The van der Waals surface area contributed by atoms with Gasteiger partial charge in [-0.15, -0.1) is 0 Å². The van der Waals surface area contributed by atoms with Gasteiger partial charge in [-0.1, -0.05) is 60.7 Å². The summed E-state index contributed by atoms with van der Waals surface area (Å²) in [5.41, 5.74) is 1.94. The number of aliphatic hydroxyl groups excluding tert-OH is 1. The summed E-state index contributed by atoms with van der Waals surface area (Å²) in [5.74, 6) is 0.728. The van der Waals surface area contributed by atoms with Crippen LogP contribution in [0.1, 0.15) is 17.2 Å². The molecule has 3 aromatic rings. The Hall–Kier alpha value is -2.32. The minimum Gasteiger partial charge on any atom is -0.496 e. The van der Waals surface area contributed by atoms with Crippen LogP contribution in [-0.2, 0) is 6.42 Å². The Morgan fingerprint density at radius 2 is 1.62 bits per heavy atom. The molecule has 106 valence electrons. The summed E-state index contributed by atoms with van der Waals surface area (Å²) in [6, 6.07) is 22.2. The second-order valence-corrected chi connectivity index (χ2v) is 5.14. The van der Waals surface area contributed by atoms with Gasteiger partial charge in [-0.25, -0.2) is 0 Å². The summed E-state index contributed by atoms with van der Waals surface area (Å²) in [6.07, 6.45) is 0.00731. The van der Waals surface area contributed by atoms with Gasteiger partial charge in [-0.05, 0) is 22.4 Å². The van der Waals surface area contributed by atoms with Crippen molar-refractivity contribution in [2.24, 2.45) is 0 Å². The van der Waals surface area contributed by atoms with Crippen molar-refractivity contribution < 1.29 is 9.84 Å². The molecule has 1 atom stereocenters. The molecule has 0 fully saturated rings. The van der Waals surface area contributed by atoms with E-state index in [2.05, 4.69) is 30.3 Å². The molecule has 3 rings (SSSR count). The second kappa shape index (κ2) is 5.98. The van der Waals surface area contributed by atoms with E-state index < -0.39 is 6.10 Å². The number of para-hydroxylation sites is 1. The van der Waals surface area contributed by atoms with E-state index in [1.54, 1.807) is 7.11 Å². The fourth-order valence-electron chi connectivity index (χ4n) is 2.64. The fraction of sp³-hybridized carbons (Fsp3) is 0.158. The van der Waals surface area contributed by atoms with Crippen LogP contribution in [0.2, 0.25) is 0 Å². The predicted molar refractivity (Wildman–Crippen MR) is 85.6 cm³/mol. The standard InChI is InChI=1S/C19H18O2/c1-21-19-9-5-4-8-17(19)18(20)13-14-10-11-15-6-2-3-7-16(15)12-14/h2-12,18,20H,13H2,1H3. The largest absolute Gasteiger partial charge is 0.496 e. The Balaban J connectivity index is 1.87. The quantitative estimate of drug-likeness (QED) is 0.777. The van der Waals surface area contributed by atoms with Gasteiger partial charge in [0.2, 0.25) is 0 Å². The molecule has 0 spiro atoms. The number of aliphatic hydroxyl groups is 1. The molecule has 0 amide bonds. The van der Waals surface area contributed by atoms with E-state index >= 15 is 0 Å². The smallest absolute Gasteiger partial charge is 0.124 e. The summed E-state index contributed by atoms with van der Waals surface area (Å²) in [5, 5.41) is 12.9. The molecule has 0 saturated carbocycles. The van der Waals surface area contributed by atoms with E-state index in [4.69, 9.17) is 4.74 Å². The first-order chi connectivity index (χ1) is 10.3. The van der Waals surface area contributed by atoms with Crippen molar-refractivity contribution in [2.45, 2.75) is 12.5 Å². The van der Waals surface area contributed by atoms with Crippen LogP contribution in [0.4, 0.5) is 0 Å². The molecule has 0 bridgehead atoms.